The molecule has 3 aliphatic heterocycles. The molecule has 8 nitrogen and oxygen atoms in total. The second-order valence-electron chi connectivity index (χ2n) is 14.4. The second-order valence-corrected chi connectivity index (χ2v) is 15.2. The zero-order chi connectivity index (χ0) is 33.7. The number of fused-ring (bicyclic) bond motifs is 4. The van der Waals surface area contributed by atoms with Gasteiger partial charge in [-0.3, -0.25) is 9.48 Å². The van der Waals surface area contributed by atoms with Crippen LogP contribution in [-0.4, -0.2) is 49.3 Å². The second kappa shape index (κ2) is 11.5. The largest absolute Gasteiger partial charge is 0.337 e. The van der Waals surface area contributed by atoms with Crippen LogP contribution < -0.4 is 5.32 Å². The number of carbonyl (C=O) groups excluding carboxylic acids is 1. The Bertz CT molecular complexity index is 2220. The van der Waals surface area contributed by atoms with Gasteiger partial charge in [0.1, 0.15) is 5.52 Å². The number of hydrogen-bond donors (Lipinski definition) is 1. The van der Waals surface area contributed by atoms with Gasteiger partial charge in [0.25, 0.3) is 0 Å². The van der Waals surface area contributed by atoms with Crippen LogP contribution >= 0.6 is 23.2 Å². The molecular weight excluding hydrogens is 660 g/mol. The third kappa shape index (κ3) is 4.82. The van der Waals surface area contributed by atoms with E-state index >= 15 is 4.39 Å². The van der Waals surface area contributed by atoms with Crippen LogP contribution in [0.2, 0.25) is 10.0 Å². The Kier molecular flexibility index (Phi) is 7.31. The first-order chi connectivity index (χ1) is 23.7. The van der Waals surface area contributed by atoms with E-state index in [2.05, 4.69) is 26.9 Å². The number of benzene rings is 2. The average Bonchev–Trinajstić information content (AvgIpc) is 3.54. The molecule has 49 heavy (non-hydrogen) atoms. The minimum atomic E-state index is -0.468. The van der Waals surface area contributed by atoms with Crippen LogP contribution in [0.5, 0.6) is 0 Å². The first kappa shape index (κ1) is 31.0. The van der Waals surface area contributed by atoms with Crippen molar-refractivity contribution in [2.45, 2.75) is 76.5 Å². The maximum absolute atomic E-state index is 17.1. The van der Waals surface area contributed by atoms with Gasteiger partial charge in [0.15, 0.2) is 5.82 Å². The zero-order valence-electron chi connectivity index (χ0n) is 27.4. The van der Waals surface area contributed by atoms with Crippen molar-refractivity contribution >= 4 is 50.9 Å². The zero-order valence-corrected chi connectivity index (χ0v) is 28.9. The summed E-state index contributed by atoms with van der Waals surface area (Å²) in [4.78, 5) is 21.0. The van der Waals surface area contributed by atoms with Crippen molar-refractivity contribution < 1.29 is 9.18 Å². The van der Waals surface area contributed by atoms with Crippen molar-refractivity contribution in [2.24, 2.45) is 11.8 Å². The van der Waals surface area contributed by atoms with Crippen LogP contribution in [0.3, 0.4) is 0 Å². The Morgan fingerprint density at radius 2 is 1.98 bits per heavy atom. The van der Waals surface area contributed by atoms with Gasteiger partial charge in [-0.05, 0) is 81.7 Å². The highest BCUT2D eigenvalue weighted by Crippen LogP contribution is 2.52. The summed E-state index contributed by atoms with van der Waals surface area (Å²) < 4.78 is 21.6. The van der Waals surface area contributed by atoms with Crippen LogP contribution in [0, 0.1) is 42.8 Å². The molecule has 2 saturated carbocycles. The molecule has 0 radical (unpaired) electrons. The van der Waals surface area contributed by atoms with Crippen molar-refractivity contribution in [1.82, 2.24) is 29.5 Å². The van der Waals surface area contributed by atoms with E-state index in [9.17, 15) is 10.1 Å². The summed E-state index contributed by atoms with van der Waals surface area (Å²) in [6.07, 6.45) is 6.29. The van der Waals surface area contributed by atoms with E-state index in [0.29, 0.717) is 52.0 Å². The van der Waals surface area contributed by atoms with Crippen LogP contribution in [0.1, 0.15) is 72.9 Å². The first-order valence-electron chi connectivity index (χ1n) is 17.3. The van der Waals surface area contributed by atoms with Crippen molar-refractivity contribution in [3.8, 4) is 17.2 Å². The summed E-state index contributed by atoms with van der Waals surface area (Å²) >= 11 is 13.1. The molecule has 5 aliphatic rings. The molecule has 1 N–H and O–H groups in total. The van der Waals surface area contributed by atoms with Crippen molar-refractivity contribution in [3.63, 3.8) is 0 Å². The number of halogens is 3. The number of likely N-dealkylation sites (tertiary alicyclic amines) is 1. The van der Waals surface area contributed by atoms with Crippen LogP contribution in [-0.2, 0) is 11.2 Å². The summed E-state index contributed by atoms with van der Waals surface area (Å²) in [6, 6.07) is 14.1. The number of pyridine rings is 1. The first-order valence-corrected chi connectivity index (χ1v) is 18.0. The Balaban J connectivity index is 1.30. The number of aromatic nitrogens is 4. The standard InChI is InChI=1S/C38H36Cl2FN7O/c1-19-10-12-47(45-19)24-15-30(46(18-24)38(49)21-8-9-21)31-16-26-20(2)44-35-27(37(26)48(31)36-23-14-29(36)43-17-23)13-22(5-4-11-42)32(34(35)41)25-6-3-7-28(39)33(25)40/h3,6-7,10,12-13,16,21,23-24,29-30,36,43H,4-5,8-9,14-15,17-18H2,1-2H3. The minimum Gasteiger partial charge on any atom is -0.337 e. The molecule has 2 aromatic carbocycles. The van der Waals surface area contributed by atoms with Gasteiger partial charge < -0.3 is 14.8 Å². The van der Waals surface area contributed by atoms with Crippen LogP contribution in [0.15, 0.2) is 42.6 Å². The van der Waals surface area contributed by atoms with E-state index in [4.69, 9.17) is 33.3 Å². The highest BCUT2D eigenvalue weighted by atomic mass is 35.5. The molecule has 3 saturated heterocycles. The number of aryl methyl sites for hydroxylation is 3. The lowest BCUT2D eigenvalue weighted by Gasteiger charge is -2.39. The number of nitrogens with one attached hydrogen (secondary N) is 1. The number of carbonyl (C=O) groups is 1. The fraction of sp³-hybridized carbons (Fsp3) is 0.421. The smallest absolute Gasteiger partial charge is 0.226 e. The summed E-state index contributed by atoms with van der Waals surface area (Å²) in [5.74, 6) is 0.270. The topological polar surface area (TPSA) is 91.8 Å². The lowest BCUT2D eigenvalue weighted by molar-refractivity contribution is -0.133. The van der Waals surface area contributed by atoms with Crippen LogP contribution in [0.25, 0.3) is 32.9 Å². The normalized spacial score (nSPS) is 24.6. The molecule has 5 fully saturated rings. The molecule has 0 spiro atoms. The summed E-state index contributed by atoms with van der Waals surface area (Å²) in [6.45, 7) is 5.47. The number of rotatable bonds is 7. The summed E-state index contributed by atoms with van der Waals surface area (Å²) in [7, 11) is 0. The van der Waals surface area contributed by atoms with E-state index in [1.54, 1.807) is 18.2 Å². The number of hydrogen-bond acceptors (Lipinski definition) is 5. The van der Waals surface area contributed by atoms with Crippen molar-refractivity contribution in [3.05, 3.63) is 81.1 Å². The quantitative estimate of drug-likeness (QED) is 0.186. The molecular formula is C38H36Cl2FN7O. The van der Waals surface area contributed by atoms with Crippen LogP contribution in [0.4, 0.5) is 4.39 Å². The van der Waals surface area contributed by atoms with E-state index in [-0.39, 0.29) is 46.9 Å². The highest BCUT2D eigenvalue weighted by molar-refractivity contribution is 6.43. The van der Waals surface area contributed by atoms with Gasteiger partial charge in [-0.15, -0.1) is 0 Å². The molecule has 11 heteroatoms. The predicted octanol–water partition coefficient (Wildman–Crippen LogP) is 8.03. The Labute approximate surface area is 293 Å². The van der Waals surface area contributed by atoms with E-state index in [1.165, 1.54) is 0 Å². The van der Waals surface area contributed by atoms with Gasteiger partial charge in [0, 0.05) is 71.0 Å². The van der Waals surface area contributed by atoms with Crippen molar-refractivity contribution in [1.29, 1.82) is 5.26 Å². The monoisotopic (exact) mass is 695 g/mol. The number of amides is 1. The molecule has 6 heterocycles. The predicted molar refractivity (Wildman–Crippen MR) is 188 cm³/mol. The molecule has 250 valence electrons. The molecule has 2 aliphatic carbocycles. The van der Waals surface area contributed by atoms with E-state index in [1.807, 2.05) is 36.9 Å². The van der Waals surface area contributed by atoms with E-state index < -0.39 is 5.82 Å². The molecule has 10 rings (SSSR count). The fourth-order valence-corrected chi connectivity index (χ4v) is 9.22. The Hall–Kier alpha value is -3.97. The number of nitrogens with zero attached hydrogens (tertiary/aromatic N) is 6. The Morgan fingerprint density at radius 1 is 1.14 bits per heavy atom. The minimum absolute atomic E-state index is 0.0556. The summed E-state index contributed by atoms with van der Waals surface area (Å²) in [5.41, 5.74) is 5.48. The Morgan fingerprint density at radius 3 is 2.67 bits per heavy atom. The molecule has 5 unspecified atom stereocenters. The lowest BCUT2D eigenvalue weighted by Crippen LogP contribution is -2.41. The van der Waals surface area contributed by atoms with Gasteiger partial charge in [0.05, 0.1) is 45.5 Å². The third-order valence-electron chi connectivity index (χ3n) is 11.4. The summed E-state index contributed by atoms with van der Waals surface area (Å²) in [5, 5.41) is 20.3. The number of nitriles is 1. The average molecular weight is 697 g/mol. The maximum Gasteiger partial charge on any atom is 0.226 e. The van der Waals surface area contributed by atoms with Gasteiger partial charge in [-0.25, -0.2) is 9.37 Å². The van der Waals surface area contributed by atoms with Gasteiger partial charge in [-0.1, -0.05) is 35.3 Å². The molecule has 2 bridgehead atoms. The molecule has 5 aromatic rings. The molecule has 5 atom stereocenters. The van der Waals surface area contributed by atoms with Gasteiger partial charge in [0.2, 0.25) is 5.91 Å². The molecule has 3 aromatic heterocycles. The highest BCUT2D eigenvalue weighted by Gasteiger charge is 2.51. The lowest BCUT2D eigenvalue weighted by atomic mass is 9.79. The van der Waals surface area contributed by atoms with Gasteiger partial charge in [-0.2, -0.15) is 10.4 Å². The fourth-order valence-electron chi connectivity index (χ4n) is 8.83. The third-order valence-corrected chi connectivity index (χ3v) is 12.2. The molecule has 1 amide bonds. The van der Waals surface area contributed by atoms with Crippen molar-refractivity contribution in [2.75, 3.05) is 13.1 Å². The van der Waals surface area contributed by atoms with E-state index in [0.717, 1.165) is 60.2 Å². The van der Waals surface area contributed by atoms with Gasteiger partial charge >= 0.3 is 0 Å². The SMILES string of the molecule is Cc1ccn(C2CC(c3cc4c(C)nc5c(F)c(-c6cccc(Cl)c6Cl)c(CCC#N)cc5c4n3C3C4CNC3C4)N(C(=O)C3CC3)C2)n1. The maximum atomic E-state index is 17.1.